The first-order valence-corrected chi connectivity index (χ1v) is 15.3. The van der Waals surface area contributed by atoms with E-state index in [2.05, 4.69) is 60.1 Å². The number of hydrogen-bond acceptors (Lipinski definition) is 6. The van der Waals surface area contributed by atoms with E-state index in [0.717, 1.165) is 37.2 Å². The standard InChI is InChI=1S/C32H44ClN5O3.C2H6/c1-7-38(30-17-19-34-20-18-30)22-8-9-24(2)23-41-31(40)36-25(3)10-15-29(37-26(4)39)16-21-35-32(5,6)27-11-13-28(33)14-12-27;1-2/h10-20,24,35H,3,7-9,21-23H2,1-2,4-6H3,(H,36,40)(H,37,39);1-2H3/b15-10-,29-16+;. The number of amides is 2. The van der Waals surface area contributed by atoms with Crippen molar-refractivity contribution in [3.05, 3.63) is 95.6 Å². The van der Waals surface area contributed by atoms with Gasteiger partial charge in [0.2, 0.25) is 5.91 Å². The van der Waals surface area contributed by atoms with E-state index >= 15 is 0 Å². The number of hydrogen-bond donors (Lipinski definition) is 3. The second kappa shape index (κ2) is 20.3. The van der Waals surface area contributed by atoms with E-state index < -0.39 is 6.09 Å². The molecule has 8 nitrogen and oxygen atoms in total. The first-order chi connectivity index (χ1) is 20.5. The van der Waals surface area contributed by atoms with E-state index in [4.69, 9.17) is 16.3 Å². The molecule has 0 radical (unpaired) electrons. The molecule has 1 unspecified atom stereocenters. The maximum Gasteiger partial charge on any atom is 0.411 e. The number of benzene rings is 1. The molecule has 0 fully saturated rings. The summed E-state index contributed by atoms with van der Waals surface area (Å²) < 4.78 is 5.40. The Morgan fingerprint density at radius 1 is 1.09 bits per heavy atom. The molecule has 2 aromatic rings. The summed E-state index contributed by atoms with van der Waals surface area (Å²) in [7, 11) is 0. The predicted octanol–water partition coefficient (Wildman–Crippen LogP) is 7.34. The van der Waals surface area contributed by atoms with E-state index in [9.17, 15) is 9.59 Å². The van der Waals surface area contributed by atoms with Crippen LogP contribution in [0, 0.1) is 5.92 Å². The molecule has 9 heteroatoms. The number of carbonyl (C=O) groups is 2. The highest BCUT2D eigenvalue weighted by molar-refractivity contribution is 6.30. The molecular formula is C34H50ClN5O3. The van der Waals surface area contributed by atoms with Gasteiger partial charge in [-0.2, -0.15) is 0 Å². The van der Waals surface area contributed by atoms with Crippen molar-refractivity contribution in [2.45, 2.75) is 66.8 Å². The van der Waals surface area contributed by atoms with Gasteiger partial charge in [-0.15, -0.1) is 0 Å². The Morgan fingerprint density at radius 2 is 1.74 bits per heavy atom. The van der Waals surface area contributed by atoms with Crippen LogP contribution in [0.15, 0.2) is 85.0 Å². The van der Waals surface area contributed by atoms with Crippen LogP contribution in [-0.4, -0.2) is 43.2 Å². The van der Waals surface area contributed by atoms with Gasteiger partial charge in [0.15, 0.2) is 0 Å². The van der Waals surface area contributed by atoms with Crippen molar-refractivity contribution in [2.24, 2.45) is 5.92 Å². The summed E-state index contributed by atoms with van der Waals surface area (Å²) in [6, 6.07) is 11.7. The maximum atomic E-state index is 12.3. The zero-order chi connectivity index (χ0) is 32.3. The molecule has 0 saturated heterocycles. The number of nitrogens with zero attached hydrogens (tertiary/aromatic N) is 2. The Balaban J connectivity index is 0.00000452. The van der Waals surface area contributed by atoms with Crippen LogP contribution in [0.2, 0.25) is 5.02 Å². The molecule has 1 aromatic heterocycles. The zero-order valence-corrected chi connectivity index (χ0v) is 27.6. The summed E-state index contributed by atoms with van der Waals surface area (Å²) in [6.07, 6.45) is 10.1. The van der Waals surface area contributed by atoms with Gasteiger partial charge in [-0.25, -0.2) is 4.79 Å². The van der Waals surface area contributed by atoms with Crippen molar-refractivity contribution < 1.29 is 14.3 Å². The van der Waals surface area contributed by atoms with Crippen molar-refractivity contribution >= 4 is 29.3 Å². The van der Waals surface area contributed by atoms with E-state index in [1.165, 1.54) is 6.92 Å². The quantitative estimate of drug-likeness (QED) is 0.172. The largest absolute Gasteiger partial charge is 0.449 e. The molecule has 2 amide bonds. The van der Waals surface area contributed by atoms with E-state index in [1.807, 2.05) is 56.3 Å². The molecule has 1 aromatic carbocycles. The molecule has 0 saturated carbocycles. The van der Waals surface area contributed by atoms with Gasteiger partial charge in [0.25, 0.3) is 0 Å². The number of alkyl carbamates (subject to hydrolysis) is 1. The number of halogens is 1. The van der Waals surface area contributed by atoms with Crippen molar-refractivity contribution in [3.8, 4) is 0 Å². The normalized spacial score (nSPS) is 12.1. The number of rotatable bonds is 16. The third-order valence-electron chi connectivity index (χ3n) is 6.51. The predicted molar refractivity (Wildman–Crippen MR) is 179 cm³/mol. The molecule has 0 aliphatic carbocycles. The molecule has 1 heterocycles. The van der Waals surface area contributed by atoms with Crippen LogP contribution in [0.3, 0.4) is 0 Å². The maximum absolute atomic E-state index is 12.3. The number of ether oxygens (including phenoxy) is 1. The lowest BCUT2D eigenvalue weighted by Crippen LogP contribution is -2.37. The molecule has 0 spiro atoms. The third kappa shape index (κ3) is 15.4. The fourth-order valence-corrected chi connectivity index (χ4v) is 4.23. The fourth-order valence-electron chi connectivity index (χ4n) is 4.10. The minimum atomic E-state index is -0.560. The highest BCUT2D eigenvalue weighted by atomic mass is 35.5. The van der Waals surface area contributed by atoms with Gasteiger partial charge in [0, 0.05) is 66.6 Å². The van der Waals surface area contributed by atoms with Gasteiger partial charge in [-0.3, -0.25) is 15.1 Å². The monoisotopic (exact) mass is 611 g/mol. The zero-order valence-electron chi connectivity index (χ0n) is 26.9. The molecule has 0 aliphatic heterocycles. The van der Waals surface area contributed by atoms with Gasteiger partial charge < -0.3 is 20.3 Å². The Bertz CT molecular complexity index is 1180. The fraction of sp³-hybridized carbons (Fsp3) is 0.441. The lowest BCUT2D eigenvalue weighted by molar-refractivity contribution is -0.118. The van der Waals surface area contributed by atoms with Crippen LogP contribution in [0.4, 0.5) is 10.5 Å². The molecule has 0 aliphatic rings. The first-order valence-electron chi connectivity index (χ1n) is 14.9. The molecule has 236 valence electrons. The number of carbonyl (C=O) groups excluding carboxylic acids is 2. The van der Waals surface area contributed by atoms with Crippen molar-refractivity contribution in [1.82, 2.24) is 20.9 Å². The molecule has 43 heavy (non-hydrogen) atoms. The first kappa shape index (κ1) is 37.4. The molecular weight excluding hydrogens is 562 g/mol. The van der Waals surface area contributed by atoms with Crippen molar-refractivity contribution in [2.75, 3.05) is 31.1 Å². The summed E-state index contributed by atoms with van der Waals surface area (Å²) in [5, 5.41) is 9.56. The average molecular weight is 612 g/mol. The summed E-state index contributed by atoms with van der Waals surface area (Å²) in [4.78, 5) is 30.4. The smallest absolute Gasteiger partial charge is 0.411 e. The van der Waals surface area contributed by atoms with Gasteiger partial charge in [0.1, 0.15) is 0 Å². The van der Waals surface area contributed by atoms with Crippen molar-refractivity contribution in [1.29, 1.82) is 0 Å². The summed E-state index contributed by atoms with van der Waals surface area (Å²) in [5.41, 5.74) is 2.86. The molecule has 2 rings (SSSR count). The van der Waals surface area contributed by atoms with E-state index in [0.29, 0.717) is 29.6 Å². The summed E-state index contributed by atoms with van der Waals surface area (Å²) >= 11 is 6.01. The van der Waals surface area contributed by atoms with Gasteiger partial charge in [0.05, 0.1) is 6.61 Å². The summed E-state index contributed by atoms with van der Waals surface area (Å²) in [5.74, 6) is 0.0206. The minimum Gasteiger partial charge on any atom is -0.449 e. The number of aromatic nitrogens is 1. The van der Waals surface area contributed by atoms with Crippen LogP contribution in [0.5, 0.6) is 0 Å². The van der Waals surface area contributed by atoms with Crippen molar-refractivity contribution in [3.63, 3.8) is 0 Å². The van der Waals surface area contributed by atoms with E-state index in [1.54, 1.807) is 24.5 Å². The van der Waals surface area contributed by atoms with Crippen LogP contribution < -0.4 is 20.9 Å². The van der Waals surface area contributed by atoms with Gasteiger partial charge >= 0.3 is 6.09 Å². The second-order valence-electron chi connectivity index (χ2n) is 10.5. The Hall–Kier alpha value is -3.62. The average Bonchev–Trinajstić information content (AvgIpc) is 2.98. The Morgan fingerprint density at radius 3 is 2.35 bits per heavy atom. The van der Waals surface area contributed by atoms with E-state index in [-0.39, 0.29) is 17.4 Å². The lowest BCUT2D eigenvalue weighted by atomic mass is 9.94. The molecule has 3 N–H and O–H groups in total. The van der Waals surface area contributed by atoms with Crippen LogP contribution in [-0.2, 0) is 15.1 Å². The Labute approximate surface area is 263 Å². The molecule has 0 bridgehead atoms. The SMILES string of the molecule is C=C(/C=C\C(=C/CNC(C)(C)c1ccc(Cl)cc1)NC(C)=O)NC(=O)OCC(C)CCCN(CC)c1ccncc1.CC. The number of allylic oxidation sites excluding steroid dienone is 2. The summed E-state index contributed by atoms with van der Waals surface area (Å²) in [6.45, 7) is 20.3. The van der Waals surface area contributed by atoms with Crippen LogP contribution >= 0.6 is 11.6 Å². The Kier molecular flexibility index (Phi) is 17.7. The third-order valence-corrected chi connectivity index (χ3v) is 6.76. The van der Waals surface area contributed by atoms with Gasteiger partial charge in [-0.1, -0.05) is 51.1 Å². The van der Waals surface area contributed by atoms with Crippen LogP contribution in [0.1, 0.15) is 66.9 Å². The van der Waals surface area contributed by atoms with Crippen LogP contribution in [0.25, 0.3) is 0 Å². The minimum absolute atomic E-state index is 0.201. The highest BCUT2D eigenvalue weighted by Gasteiger charge is 2.18. The topological polar surface area (TPSA) is 95.6 Å². The number of anilines is 1. The number of pyridine rings is 1. The number of nitrogens with one attached hydrogen (secondary N) is 3. The second-order valence-corrected chi connectivity index (χ2v) is 10.9. The lowest BCUT2D eigenvalue weighted by Gasteiger charge is -2.26. The molecule has 1 atom stereocenters. The van der Waals surface area contributed by atoms with Gasteiger partial charge in [-0.05, 0) is 87.6 Å². The highest BCUT2D eigenvalue weighted by Crippen LogP contribution is 2.22.